The molecule has 5 nitrogen and oxygen atoms in total. The second-order valence-electron chi connectivity index (χ2n) is 6.32. The number of fused-ring (bicyclic) bond motifs is 1. The molecule has 142 valence electrons. The van der Waals surface area contributed by atoms with Crippen LogP contribution in [0.3, 0.4) is 0 Å². The van der Waals surface area contributed by atoms with E-state index < -0.39 is 11.7 Å². The van der Waals surface area contributed by atoms with E-state index in [4.69, 9.17) is 0 Å². The van der Waals surface area contributed by atoms with Gasteiger partial charge >= 0.3 is 6.18 Å². The molecule has 0 unspecified atom stereocenters. The molecule has 3 aromatic rings. The van der Waals surface area contributed by atoms with Gasteiger partial charge in [0.1, 0.15) is 11.6 Å². The third kappa shape index (κ3) is 3.53. The van der Waals surface area contributed by atoms with Crippen molar-refractivity contribution in [2.24, 2.45) is 0 Å². The molecule has 28 heavy (non-hydrogen) atoms. The first-order valence-electron chi connectivity index (χ1n) is 8.59. The molecule has 0 aliphatic carbocycles. The van der Waals surface area contributed by atoms with Crippen molar-refractivity contribution in [1.82, 2.24) is 15.0 Å². The van der Waals surface area contributed by atoms with Crippen LogP contribution >= 0.6 is 0 Å². The second kappa shape index (κ2) is 6.95. The van der Waals surface area contributed by atoms with Gasteiger partial charge in [0, 0.05) is 30.2 Å². The fraction of sp³-hybridized carbons (Fsp3) is 0.150. The fourth-order valence-corrected chi connectivity index (χ4v) is 2.95. The summed E-state index contributed by atoms with van der Waals surface area (Å²) >= 11 is 0. The van der Waals surface area contributed by atoms with Crippen LogP contribution in [-0.4, -0.2) is 21.5 Å². The summed E-state index contributed by atoms with van der Waals surface area (Å²) in [5.41, 5.74) is 3.34. The first-order chi connectivity index (χ1) is 13.4. The van der Waals surface area contributed by atoms with Crippen molar-refractivity contribution >= 4 is 17.3 Å². The van der Waals surface area contributed by atoms with Crippen LogP contribution < -0.4 is 10.6 Å². The van der Waals surface area contributed by atoms with Gasteiger partial charge in [0.15, 0.2) is 0 Å². The summed E-state index contributed by atoms with van der Waals surface area (Å²) in [6, 6.07) is 9.93. The lowest BCUT2D eigenvalue weighted by atomic mass is 10.1. The highest BCUT2D eigenvalue weighted by Crippen LogP contribution is 2.32. The molecule has 0 aromatic carbocycles. The minimum atomic E-state index is -4.41. The number of anilines is 2. The fourth-order valence-electron chi connectivity index (χ4n) is 2.95. The third-order valence-corrected chi connectivity index (χ3v) is 4.37. The summed E-state index contributed by atoms with van der Waals surface area (Å²) < 4.78 is 38.1. The van der Waals surface area contributed by atoms with Gasteiger partial charge in [-0.05, 0) is 48.9 Å². The van der Waals surface area contributed by atoms with E-state index in [-0.39, 0.29) is 0 Å². The van der Waals surface area contributed by atoms with Gasteiger partial charge in [0.05, 0.1) is 17.0 Å². The maximum absolute atomic E-state index is 12.7. The number of nitrogens with one attached hydrogen (secondary N) is 2. The standard InChI is InChI=1S/C20H16F3N5/c1-12-3-2-9-24-18(12)16-6-5-14-15(8-10-25-19(14)28-16)27-17-7-4-13(11-26-17)20(21,22)23/h2-9,11H,10H2,1H3,(H,25,28)(H,26,27). The summed E-state index contributed by atoms with van der Waals surface area (Å²) in [7, 11) is 0. The minimum Gasteiger partial charge on any atom is -0.366 e. The molecule has 2 N–H and O–H groups in total. The highest BCUT2D eigenvalue weighted by atomic mass is 19.4. The van der Waals surface area contributed by atoms with E-state index in [1.807, 2.05) is 37.3 Å². The zero-order valence-corrected chi connectivity index (χ0v) is 14.9. The number of pyridine rings is 3. The van der Waals surface area contributed by atoms with E-state index in [9.17, 15) is 13.2 Å². The summed E-state index contributed by atoms with van der Waals surface area (Å²) in [6.07, 6.45) is 0.0290. The maximum Gasteiger partial charge on any atom is 0.417 e. The molecule has 0 saturated carbocycles. The maximum atomic E-state index is 12.7. The van der Waals surface area contributed by atoms with Gasteiger partial charge in [-0.25, -0.2) is 9.97 Å². The summed E-state index contributed by atoms with van der Waals surface area (Å²) in [5, 5.41) is 6.29. The van der Waals surface area contributed by atoms with Gasteiger partial charge in [0.2, 0.25) is 0 Å². The van der Waals surface area contributed by atoms with Crippen molar-refractivity contribution in [3.05, 3.63) is 71.6 Å². The Balaban J connectivity index is 1.60. The lowest BCUT2D eigenvalue weighted by molar-refractivity contribution is -0.137. The molecule has 1 aliphatic rings. The predicted octanol–water partition coefficient (Wildman–Crippen LogP) is 4.74. The van der Waals surface area contributed by atoms with Crippen LogP contribution in [0.15, 0.2) is 54.9 Å². The van der Waals surface area contributed by atoms with E-state index in [1.54, 1.807) is 6.20 Å². The molecule has 1 aliphatic heterocycles. The number of aromatic nitrogens is 3. The Kier molecular flexibility index (Phi) is 4.46. The summed E-state index contributed by atoms with van der Waals surface area (Å²) in [6.45, 7) is 2.51. The van der Waals surface area contributed by atoms with Gasteiger partial charge < -0.3 is 10.6 Å². The molecule has 0 spiro atoms. The average molecular weight is 383 g/mol. The Labute approximate surface area is 159 Å². The van der Waals surface area contributed by atoms with Crippen molar-refractivity contribution in [3.63, 3.8) is 0 Å². The normalized spacial score (nSPS) is 13.4. The SMILES string of the molecule is Cc1cccnc1-c1ccc2c(n1)NCC=C2Nc1ccc(C(F)(F)F)cn1. The molecule has 0 bridgehead atoms. The first kappa shape index (κ1) is 18.0. The Bertz CT molecular complexity index is 1040. The minimum absolute atomic E-state index is 0.330. The van der Waals surface area contributed by atoms with Crippen LogP contribution in [0.1, 0.15) is 16.7 Å². The van der Waals surface area contributed by atoms with E-state index in [1.165, 1.54) is 6.07 Å². The van der Waals surface area contributed by atoms with Crippen LogP contribution in [0.4, 0.5) is 24.8 Å². The third-order valence-electron chi connectivity index (χ3n) is 4.37. The van der Waals surface area contributed by atoms with Crippen molar-refractivity contribution in [1.29, 1.82) is 0 Å². The smallest absolute Gasteiger partial charge is 0.366 e. The Morgan fingerprint density at radius 3 is 2.64 bits per heavy atom. The number of alkyl halides is 3. The number of hydrogen-bond acceptors (Lipinski definition) is 5. The topological polar surface area (TPSA) is 62.7 Å². The van der Waals surface area contributed by atoms with Crippen LogP contribution in [-0.2, 0) is 6.18 Å². The summed E-state index contributed by atoms with van der Waals surface area (Å²) in [4.78, 5) is 12.9. The van der Waals surface area contributed by atoms with Crippen LogP contribution in [0, 0.1) is 6.92 Å². The molecule has 4 rings (SSSR count). The molecular weight excluding hydrogens is 367 g/mol. The van der Waals surface area contributed by atoms with Gasteiger partial charge in [-0.3, -0.25) is 4.98 Å². The lowest BCUT2D eigenvalue weighted by Gasteiger charge is -2.20. The zero-order valence-electron chi connectivity index (χ0n) is 14.9. The van der Waals surface area contributed by atoms with Crippen LogP contribution in [0.2, 0.25) is 0 Å². The number of nitrogens with zero attached hydrogens (tertiary/aromatic N) is 3. The number of rotatable bonds is 3. The van der Waals surface area contributed by atoms with Gasteiger partial charge in [0.25, 0.3) is 0 Å². The van der Waals surface area contributed by atoms with Crippen molar-refractivity contribution in [3.8, 4) is 11.4 Å². The van der Waals surface area contributed by atoms with E-state index >= 15 is 0 Å². The molecular formula is C20H16F3N5. The van der Waals surface area contributed by atoms with Gasteiger partial charge in [-0.15, -0.1) is 0 Å². The lowest BCUT2D eigenvalue weighted by Crippen LogP contribution is -2.15. The quantitative estimate of drug-likeness (QED) is 0.684. The number of aryl methyl sites for hydroxylation is 1. The van der Waals surface area contributed by atoms with E-state index in [2.05, 4.69) is 25.6 Å². The highest BCUT2D eigenvalue weighted by Gasteiger charge is 2.30. The highest BCUT2D eigenvalue weighted by molar-refractivity contribution is 5.84. The molecule has 8 heteroatoms. The Hall–Kier alpha value is -3.42. The van der Waals surface area contributed by atoms with Crippen LogP contribution in [0.5, 0.6) is 0 Å². The van der Waals surface area contributed by atoms with E-state index in [0.717, 1.165) is 40.5 Å². The molecule has 0 saturated heterocycles. The second-order valence-corrected chi connectivity index (χ2v) is 6.32. The number of halogens is 3. The number of hydrogen-bond donors (Lipinski definition) is 2. The van der Waals surface area contributed by atoms with Crippen molar-refractivity contribution < 1.29 is 13.2 Å². The predicted molar refractivity (Wildman–Crippen MR) is 102 cm³/mol. The van der Waals surface area contributed by atoms with Gasteiger partial charge in [-0.2, -0.15) is 13.2 Å². The Morgan fingerprint density at radius 1 is 1.07 bits per heavy atom. The first-order valence-corrected chi connectivity index (χ1v) is 8.59. The van der Waals surface area contributed by atoms with Crippen molar-refractivity contribution in [2.45, 2.75) is 13.1 Å². The largest absolute Gasteiger partial charge is 0.417 e. The monoisotopic (exact) mass is 383 g/mol. The summed E-state index contributed by atoms with van der Waals surface area (Å²) in [5.74, 6) is 1.01. The molecule has 0 amide bonds. The average Bonchev–Trinajstić information content (AvgIpc) is 2.68. The molecule has 0 atom stereocenters. The molecule has 4 heterocycles. The van der Waals surface area contributed by atoms with Crippen LogP contribution in [0.25, 0.3) is 17.1 Å². The molecule has 3 aromatic heterocycles. The van der Waals surface area contributed by atoms with Crippen molar-refractivity contribution in [2.75, 3.05) is 17.2 Å². The molecule has 0 fully saturated rings. The van der Waals surface area contributed by atoms with E-state index in [0.29, 0.717) is 18.2 Å². The van der Waals surface area contributed by atoms with Gasteiger partial charge in [-0.1, -0.05) is 6.07 Å². The molecule has 0 radical (unpaired) electrons. The Morgan fingerprint density at radius 2 is 1.93 bits per heavy atom. The zero-order chi connectivity index (χ0) is 19.7.